The van der Waals surface area contributed by atoms with Crippen molar-refractivity contribution in [3.8, 4) is 5.75 Å². The van der Waals surface area contributed by atoms with Crippen LogP contribution in [0.4, 0.5) is 5.69 Å². The Hall–Kier alpha value is -1.71. The van der Waals surface area contributed by atoms with Gasteiger partial charge in [0, 0.05) is 13.0 Å². The SMILES string of the molecule is CCOc1ccccc1N1CCC(N)=N1. The number of para-hydroxylation sites is 2. The maximum absolute atomic E-state index is 5.65. The van der Waals surface area contributed by atoms with Crippen molar-refractivity contribution in [2.24, 2.45) is 10.8 Å². The van der Waals surface area contributed by atoms with Crippen molar-refractivity contribution >= 4 is 11.5 Å². The summed E-state index contributed by atoms with van der Waals surface area (Å²) in [6.07, 6.45) is 0.820. The number of benzene rings is 1. The fourth-order valence-corrected chi connectivity index (χ4v) is 1.60. The van der Waals surface area contributed by atoms with Gasteiger partial charge < -0.3 is 10.5 Å². The van der Waals surface area contributed by atoms with E-state index in [0.717, 1.165) is 24.4 Å². The molecule has 0 radical (unpaired) electrons. The molecule has 1 aliphatic rings. The van der Waals surface area contributed by atoms with E-state index in [1.54, 1.807) is 0 Å². The van der Waals surface area contributed by atoms with Crippen molar-refractivity contribution < 1.29 is 4.74 Å². The lowest BCUT2D eigenvalue weighted by atomic mass is 10.3. The van der Waals surface area contributed by atoms with Crippen LogP contribution < -0.4 is 15.5 Å². The third-order valence-electron chi connectivity index (χ3n) is 2.27. The minimum absolute atomic E-state index is 0.657. The Labute approximate surface area is 89.3 Å². The minimum atomic E-state index is 0.657. The van der Waals surface area contributed by atoms with Gasteiger partial charge in [-0.2, -0.15) is 5.10 Å². The molecular formula is C11H15N3O. The zero-order chi connectivity index (χ0) is 10.7. The topological polar surface area (TPSA) is 50.9 Å². The zero-order valence-corrected chi connectivity index (χ0v) is 8.81. The summed E-state index contributed by atoms with van der Waals surface area (Å²) >= 11 is 0. The molecule has 0 aromatic heterocycles. The smallest absolute Gasteiger partial charge is 0.144 e. The molecule has 0 atom stereocenters. The van der Waals surface area contributed by atoms with E-state index in [2.05, 4.69) is 5.10 Å². The molecule has 0 saturated heterocycles. The van der Waals surface area contributed by atoms with E-state index >= 15 is 0 Å². The number of anilines is 1. The maximum atomic E-state index is 5.65. The van der Waals surface area contributed by atoms with Crippen LogP contribution in [0.3, 0.4) is 0 Å². The second kappa shape index (κ2) is 4.21. The van der Waals surface area contributed by atoms with Crippen LogP contribution in [0, 0.1) is 0 Å². The van der Waals surface area contributed by atoms with Gasteiger partial charge in [-0.15, -0.1) is 0 Å². The van der Waals surface area contributed by atoms with E-state index in [1.807, 2.05) is 36.2 Å². The standard InChI is InChI=1S/C11H15N3O/c1-2-15-10-6-4-3-5-9(10)14-8-7-11(12)13-14/h3-6H,2,7-8H2,1H3,(H2,12,13). The summed E-state index contributed by atoms with van der Waals surface area (Å²) in [7, 11) is 0. The maximum Gasteiger partial charge on any atom is 0.144 e. The van der Waals surface area contributed by atoms with Crippen molar-refractivity contribution in [1.82, 2.24) is 0 Å². The molecule has 1 aliphatic heterocycles. The van der Waals surface area contributed by atoms with E-state index in [0.29, 0.717) is 12.4 Å². The van der Waals surface area contributed by atoms with Crippen LogP contribution in [0.5, 0.6) is 5.75 Å². The fourth-order valence-electron chi connectivity index (χ4n) is 1.60. The highest BCUT2D eigenvalue weighted by molar-refractivity contribution is 5.84. The molecule has 1 aromatic carbocycles. The number of amidine groups is 1. The van der Waals surface area contributed by atoms with E-state index in [4.69, 9.17) is 10.5 Å². The molecule has 0 fully saturated rings. The van der Waals surface area contributed by atoms with Crippen molar-refractivity contribution in [1.29, 1.82) is 0 Å². The molecule has 1 aromatic rings. The highest BCUT2D eigenvalue weighted by Crippen LogP contribution is 2.29. The Balaban J connectivity index is 2.27. The lowest BCUT2D eigenvalue weighted by Crippen LogP contribution is -2.13. The van der Waals surface area contributed by atoms with Crippen LogP contribution in [-0.4, -0.2) is 19.0 Å². The van der Waals surface area contributed by atoms with Crippen LogP contribution in [0.1, 0.15) is 13.3 Å². The summed E-state index contributed by atoms with van der Waals surface area (Å²) < 4.78 is 5.53. The van der Waals surface area contributed by atoms with Crippen LogP contribution >= 0.6 is 0 Å². The molecule has 2 N–H and O–H groups in total. The number of hydrazone groups is 1. The van der Waals surface area contributed by atoms with Gasteiger partial charge in [-0.25, -0.2) is 0 Å². The summed E-state index contributed by atoms with van der Waals surface area (Å²) in [5, 5.41) is 6.14. The highest BCUT2D eigenvalue weighted by atomic mass is 16.5. The summed E-state index contributed by atoms with van der Waals surface area (Å²) in [6, 6.07) is 7.87. The number of nitrogens with two attached hydrogens (primary N) is 1. The second-order valence-electron chi connectivity index (χ2n) is 3.37. The normalized spacial score (nSPS) is 15.3. The fraction of sp³-hybridized carbons (Fsp3) is 0.364. The monoisotopic (exact) mass is 205 g/mol. The first kappa shape index (κ1) is 9.83. The van der Waals surface area contributed by atoms with Gasteiger partial charge in [-0.05, 0) is 19.1 Å². The van der Waals surface area contributed by atoms with Crippen LogP contribution in [0.2, 0.25) is 0 Å². The first-order valence-electron chi connectivity index (χ1n) is 5.13. The summed E-state index contributed by atoms with van der Waals surface area (Å²) in [5.74, 6) is 1.54. The quantitative estimate of drug-likeness (QED) is 0.814. The van der Waals surface area contributed by atoms with Gasteiger partial charge in [-0.3, -0.25) is 5.01 Å². The van der Waals surface area contributed by atoms with Gasteiger partial charge in [-0.1, -0.05) is 12.1 Å². The summed E-state index contributed by atoms with van der Waals surface area (Å²) in [5.41, 5.74) is 6.64. The van der Waals surface area contributed by atoms with Gasteiger partial charge in [0.2, 0.25) is 0 Å². The number of nitrogens with zero attached hydrogens (tertiary/aromatic N) is 2. The Bertz CT molecular complexity index is 376. The predicted octanol–water partition coefficient (Wildman–Crippen LogP) is 1.57. The number of ether oxygens (including phenoxy) is 1. The summed E-state index contributed by atoms with van der Waals surface area (Å²) in [6.45, 7) is 3.46. The van der Waals surface area contributed by atoms with Crippen molar-refractivity contribution in [3.05, 3.63) is 24.3 Å². The van der Waals surface area contributed by atoms with E-state index < -0.39 is 0 Å². The van der Waals surface area contributed by atoms with Crippen LogP contribution in [0.15, 0.2) is 29.4 Å². The molecule has 4 heteroatoms. The van der Waals surface area contributed by atoms with Gasteiger partial charge >= 0.3 is 0 Å². The second-order valence-corrected chi connectivity index (χ2v) is 3.37. The molecule has 1 heterocycles. The van der Waals surface area contributed by atoms with Gasteiger partial charge in [0.1, 0.15) is 17.3 Å². The van der Waals surface area contributed by atoms with Crippen molar-refractivity contribution in [2.45, 2.75) is 13.3 Å². The highest BCUT2D eigenvalue weighted by Gasteiger charge is 2.16. The Kier molecular flexibility index (Phi) is 2.76. The van der Waals surface area contributed by atoms with Gasteiger partial charge in [0.25, 0.3) is 0 Å². The molecule has 0 saturated carbocycles. The average molecular weight is 205 g/mol. The summed E-state index contributed by atoms with van der Waals surface area (Å²) in [4.78, 5) is 0. The van der Waals surface area contributed by atoms with Crippen LogP contribution in [-0.2, 0) is 0 Å². The Morgan fingerprint density at radius 3 is 2.93 bits per heavy atom. The van der Waals surface area contributed by atoms with E-state index in [-0.39, 0.29) is 0 Å². The molecule has 0 aliphatic carbocycles. The van der Waals surface area contributed by atoms with E-state index in [9.17, 15) is 0 Å². The lowest BCUT2D eigenvalue weighted by Gasteiger charge is -2.17. The number of rotatable bonds is 3. The minimum Gasteiger partial charge on any atom is -0.492 e. The largest absolute Gasteiger partial charge is 0.492 e. The molecule has 0 unspecified atom stereocenters. The van der Waals surface area contributed by atoms with Gasteiger partial charge in [0.05, 0.1) is 6.61 Å². The first-order chi connectivity index (χ1) is 7.31. The average Bonchev–Trinajstić information content (AvgIpc) is 2.66. The molecule has 0 amide bonds. The number of hydrogen-bond acceptors (Lipinski definition) is 4. The van der Waals surface area contributed by atoms with E-state index in [1.165, 1.54) is 0 Å². The molecule has 4 nitrogen and oxygen atoms in total. The third-order valence-corrected chi connectivity index (χ3v) is 2.27. The van der Waals surface area contributed by atoms with Crippen molar-refractivity contribution in [3.63, 3.8) is 0 Å². The first-order valence-corrected chi connectivity index (χ1v) is 5.13. The van der Waals surface area contributed by atoms with Crippen LogP contribution in [0.25, 0.3) is 0 Å². The predicted molar refractivity (Wildman–Crippen MR) is 61.2 cm³/mol. The third kappa shape index (κ3) is 2.03. The van der Waals surface area contributed by atoms with Gasteiger partial charge in [0.15, 0.2) is 0 Å². The Morgan fingerprint density at radius 2 is 2.27 bits per heavy atom. The molecule has 0 spiro atoms. The molecule has 0 bridgehead atoms. The molecule has 2 rings (SSSR count). The zero-order valence-electron chi connectivity index (χ0n) is 8.81. The molecule has 80 valence electrons. The number of hydrogen-bond donors (Lipinski definition) is 1. The Morgan fingerprint density at radius 1 is 1.47 bits per heavy atom. The molecular weight excluding hydrogens is 190 g/mol. The lowest BCUT2D eigenvalue weighted by molar-refractivity contribution is 0.340. The molecule has 15 heavy (non-hydrogen) atoms. The van der Waals surface area contributed by atoms with Crippen molar-refractivity contribution in [2.75, 3.05) is 18.2 Å².